The van der Waals surface area contributed by atoms with Crippen LogP contribution in [0.4, 0.5) is 0 Å². The van der Waals surface area contributed by atoms with Crippen LogP contribution in [0.5, 0.6) is 0 Å². The number of hydrogen-bond donors (Lipinski definition) is 2. The van der Waals surface area contributed by atoms with E-state index in [4.69, 9.17) is 9.47 Å². The number of hydrogen-bond acceptors (Lipinski definition) is 12. The molecule has 0 saturated carbocycles. The van der Waals surface area contributed by atoms with Crippen LogP contribution in [0.3, 0.4) is 0 Å². The molecule has 2 N–H and O–H groups in total. The SMILES string of the molecule is CC(=O)[13CH2][15N]1CC[15O]CC1.CC(=[18O])[13CH2]N1CCNCC1.C[13C](=O)C[15N]1CC[15O]CC1.C[13C](=[18O])CN1CCNCC1. The number of morpholine rings is 2. The van der Waals surface area contributed by atoms with Gasteiger partial charge in [0, 0.05) is 78.5 Å². The lowest BCUT2D eigenvalue weighted by Gasteiger charge is -2.25. The van der Waals surface area contributed by atoms with Crippen LogP contribution in [0.2, 0.25) is 0 Å². The lowest BCUT2D eigenvalue weighted by Crippen LogP contribution is -2.45. The number of rotatable bonds is 8. The van der Waals surface area contributed by atoms with Crippen molar-refractivity contribution in [2.24, 2.45) is 0 Å². The van der Waals surface area contributed by atoms with Crippen LogP contribution in [0.15, 0.2) is 0 Å². The van der Waals surface area contributed by atoms with Crippen molar-refractivity contribution >= 4 is 23.1 Å². The Balaban J connectivity index is 0.000000267. The first-order chi connectivity index (χ1) is 19.2. The molecule has 4 rings (SSSR count). The van der Waals surface area contributed by atoms with Gasteiger partial charge in [0.15, 0.2) is 0 Å². The molecular weight excluding hydrogens is 524 g/mol. The summed E-state index contributed by atoms with van der Waals surface area (Å²) >= 11 is 0. The van der Waals surface area contributed by atoms with E-state index >= 15 is 0 Å². The lowest BCUT2D eigenvalue weighted by molar-refractivity contribution is -0.120. The molecule has 0 aliphatic carbocycles. The maximum atomic E-state index is 10.6. The van der Waals surface area contributed by atoms with Crippen LogP contribution in [0, 0.1) is 0 Å². The number of ether oxygens (including phenoxy) is 2. The monoisotopic (exact) mass is 578 g/mol. The van der Waals surface area contributed by atoms with E-state index < -0.39 is 0 Å². The highest BCUT2D eigenvalue weighted by molar-refractivity contribution is 5.78. The summed E-state index contributed by atoms with van der Waals surface area (Å²) in [6.45, 7) is 23.8. The van der Waals surface area contributed by atoms with Gasteiger partial charge in [-0.1, -0.05) is 0 Å². The maximum absolute atomic E-state index is 10.6. The van der Waals surface area contributed by atoms with Gasteiger partial charge in [0.2, 0.25) is 0 Å². The molecule has 4 aliphatic rings. The normalized spacial score (nSPS) is 20.9. The molecule has 0 spiro atoms. The van der Waals surface area contributed by atoms with Crippen LogP contribution in [0.1, 0.15) is 27.7 Å². The molecular formula is C28H54N6O6. The Labute approximate surface area is 241 Å². The Hall–Kier alpha value is -1.64. The molecule has 4 saturated heterocycles. The fraction of sp³-hybridized carbons (Fsp3) is 0.857. The summed E-state index contributed by atoms with van der Waals surface area (Å²) < 4.78 is 10.3. The second-order valence-corrected chi connectivity index (χ2v) is 10.6. The van der Waals surface area contributed by atoms with E-state index in [9.17, 15) is 19.2 Å². The van der Waals surface area contributed by atoms with Crippen molar-refractivity contribution in [1.29, 1.82) is 0 Å². The molecule has 0 aromatic carbocycles. The second kappa shape index (κ2) is 23.0. The van der Waals surface area contributed by atoms with Crippen LogP contribution in [-0.2, 0) is 28.7 Å². The van der Waals surface area contributed by atoms with Crippen molar-refractivity contribution in [1.82, 2.24) is 30.2 Å². The molecule has 0 bridgehead atoms. The summed E-state index contributed by atoms with van der Waals surface area (Å²) in [7, 11) is 0. The number of nitrogens with one attached hydrogen (secondary N) is 2. The summed E-state index contributed by atoms with van der Waals surface area (Å²) in [5.74, 6) is 1.01. The summed E-state index contributed by atoms with van der Waals surface area (Å²) in [6.07, 6.45) is 0. The zero-order chi connectivity index (χ0) is 29.6. The van der Waals surface area contributed by atoms with E-state index in [0.717, 1.165) is 105 Å². The zero-order valence-corrected chi connectivity index (χ0v) is 25.4. The van der Waals surface area contributed by atoms with E-state index in [1.807, 2.05) is 0 Å². The van der Waals surface area contributed by atoms with Crippen LogP contribution >= 0.6 is 0 Å². The molecule has 4 heterocycles. The molecule has 12 heteroatoms. The molecule has 0 unspecified atom stereocenters. The van der Waals surface area contributed by atoms with E-state index in [-0.39, 0.29) is 23.1 Å². The van der Waals surface area contributed by atoms with Crippen LogP contribution < -0.4 is 10.6 Å². The first-order valence-corrected chi connectivity index (χ1v) is 14.6. The minimum Gasteiger partial charge on any atom is -0.379 e. The molecule has 40 heavy (non-hydrogen) atoms. The van der Waals surface area contributed by atoms with Gasteiger partial charge in [-0.15, -0.1) is 0 Å². The lowest BCUT2D eigenvalue weighted by atomic mass is 10.4. The van der Waals surface area contributed by atoms with Crippen molar-refractivity contribution in [3.8, 4) is 0 Å². The van der Waals surface area contributed by atoms with Crippen molar-refractivity contribution in [3.05, 3.63) is 0 Å². The van der Waals surface area contributed by atoms with E-state index in [1.54, 1.807) is 27.7 Å². The summed E-state index contributed by atoms with van der Waals surface area (Å²) in [5.41, 5.74) is 0. The number of ketones is 4. The van der Waals surface area contributed by atoms with Gasteiger partial charge < -0.3 is 20.1 Å². The average Bonchev–Trinajstić information content (AvgIpc) is 2.91. The van der Waals surface area contributed by atoms with E-state index in [1.165, 1.54) is 0 Å². The van der Waals surface area contributed by atoms with E-state index in [2.05, 4.69) is 30.2 Å². The Kier molecular flexibility index (Phi) is 20.9. The average molecular weight is 579 g/mol. The number of carbonyl (C=O) groups excluding carboxylic acids is 4. The summed E-state index contributed by atoms with van der Waals surface area (Å²) in [6, 6.07) is 0. The van der Waals surface area contributed by atoms with Crippen molar-refractivity contribution in [3.63, 3.8) is 0 Å². The predicted octanol–water partition coefficient (Wildman–Crippen LogP) is -1.22. The van der Waals surface area contributed by atoms with Crippen molar-refractivity contribution in [2.75, 3.05) is 131 Å². The van der Waals surface area contributed by atoms with Crippen molar-refractivity contribution in [2.45, 2.75) is 27.7 Å². The second-order valence-electron chi connectivity index (χ2n) is 10.6. The highest BCUT2D eigenvalue weighted by Gasteiger charge is 2.12. The predicted molar refractivity (Wildman–Crippen MR) is 156 cm³/mol. The van der Waals surface area contributed by atoms with Gasteiger partial charge in [-0.05, 0) is 27.7 Å². The molecule has 0 atom stereocenters. The van der Waals surface area contributed by atoms with Gasteiger partial charge in [0.05, 0.1) is 52.6 Å². The highest BCUT2D eigenvalue weighted by Crippen LogP contribution is 1.96. The summed E-state index contributed by atoms with van der Waals surface area (Å²) in [5, 5.41) is 6.47. The first kappa shape index (κ1) is 36.4. The third-order valence-corrected chi connectivity index (χ3v) is 6.41. The Morgan fingerprint density at radius 1 is 0.525 bits per heavy atom. The van der Waals surface area contributed by atoms with Gasteiger partial charge in [0.1, 0.15) is 23.1 Å². The number of nitrogens with zero attached hydrogens (tertiary/aromatic N) is 4. The van der Waals surface area contributed by atoms with Gasteiger partial charge >= 0.3 is 0 Å². The molecule has 0 radical (unpaired) electrons. The summed E-state index contributed by atoms with van der Waals surface area (Å²) in [4.78, 5) is 51.2. The molecule has 0 amide bonds. The minimum absolute atomic E-state index is 0.238. The maximum Gasteiger partial charge on any atom is 0.143 e. The third kappa shape index (κ3) is 21.2. The largest absolute Gasteiger partial charge is 0.379 e. The quantitative estimate of drug-likeness (QED) is 0.204. The Morgan fingerprint density at radius 3 is 1.05 bits per heavy atom. The van der Waals surface area contributed by atoms with Gasteiger partial charge in [0.25, 0.3) is 0 Å². The molecule has 4 aliphatic heterocycles. The standard InChI is InChI=1S/2C7H14N2O.2C7H13NO2/c2*1-7(10)6-9-4-2-8-3-5-9;2*1-7(9)6-8-2-4-10-5-3-8/h2*8H,2-6H2,1H3;2*2-6H2,1H3/i7+1,10+2;6+1,10+2;7+1,8+1,10-1;6+1,8+1,10-1. The van der Waals surface area contributed by atoms with Crippen LogP contribution in [0.25, 0.3) is 0 Å². The fourth-order valence-electron chi connectivity index (χ4n) is 4.52. The van der Waals surface area contributed by atoms with E-state index in [0.29, 0.717) is 26.2 Å². The van der Waals surface area contributed by atoms with Gasteiger partial charge in [-0.2, -0.15) is 0 Å². The number of carbonyl (C=O) groups is 4. The highest BCUT2D eigenvalue weighted by atomic mass is 18.1. The molecule has 0 aromatic rings. The Bertz CT molecular complexity index is 596. The Morgan fingerprint density at radius 2 is 0.800 bits per heavy atom. The molecule has 0 aromatic heterocycles. The first-order valence-electron chi connectivity index (χ1n) is 14.6. The van der Waals surface area contributed by atoms with Gasteiger partial charge in [-0.25, -0.2) is 0 Å². The molecule has 232 valence electrons. The fourth-order valence-corrected chi connectivity index (χ4v) is 4.52. The zero-order valence-electron chi connectivity index (χ0n) is 25.4. The molecule has 12 nitrogen and oxygen atoms in total. The third-order valence-electron chi connectivity index (χ3n) is 6.41. The van der Waals surface area contributed by atoms with Crippen molar-refractivity contribution < 1.29 is 28.7 Å². The molecule has 4 fully saturated rings. The smallest absolute Gasteiger partial charge is 0.143 e. The number of piperazine rings is 2. The minimum atomic E-state index is 0.238. The topological polar surface area (TPSA) is 124 Å². The van der Waals surface area contributed by atoms with Crippen LogP contribution in [-0.4, -0.2) is 174 Å². The number of Topliss-reactive ketones (excluding diaryl/α,β-unsaturated/α-hetero) is 4. The van der Waals surface area contributed by atoms with Gasteiger partial charge in [-0.3, -0.25) is 38.8 Å².